The highest BCUT2D eigenvalue weighted by Gasteiger charge is 2.29. The van der Waals surface area contributed by atoms with Crippen LogP contribution in [0.4, 0.5) is 0 Å². The fourth-order valence-corrected chi connectivity index (χ4v) is 6.38. The van der Waals surface area contributed by atoms with Crippen molar-refractivity contribution in [3.8, 4) is 10.4 Å². The van der Waals surface area contributed by atoms with Crippen LogP contribution in [-0.2, 0) is 4.79 Å². The van der Waals surface area contributed by atoms with Gasteiger partial charge in [-0.2, -0.15) is 0 Å². The van der Waals surface area contributed by atoms with Crippen molar-refractivity contribution in [2.24, 2.45) is 17.8 Å². The molecule has 4 nitrogen and oxygen atoms in total. The molecule has 1 aromatic carbocycles. The van der Waals surface area contributed by atoms with Crippen molar-refractivity contribution in [1.82, 2.24) is 0 Å². The number of hydrogen-bond donors (Lipinski definition) is 2. The SMILES string of the molecule is CC1CCC(C(=O)C/C=C(/c2cc(-c3ccccc3)sc2C(=O)O)C2CCC(O)CC2)CC1. The van der Waals surface area contributed by atoms with Gasteiger partial charge in [-0.3, -0.25) is 4.79 Å². The topological polar surface area (TPSA) is 74.6 Å². The number of carboxylic acid groups (broad SMARTS) is 1. The van der Waals surface area contributed by atoms with E-state index in [9.17, 15) is 19.8 Å². The van der Waals surface area contributed by atoms with Gasteiger partial charge in [0, 0.05) is 22.8 Å². The van der Waals surface area contributed by atoms with Gasteiger partial charge in [-0.15, -0.1) is 11.3 Å². The van der Waals surface area contributed by atoms with Crippen LogP contribution >= 0.6 is 11.3 Å². The van der Waals surface area contributed by atoms with Crippen LogP contribution < -0.4 is 0 Å². The highest BCUT2D eigenvalue weighted by molar-refractivity contribution is 7.17. The lowest BCUT2D eigenvalue weighted by molar-refractivity contribution is -0.123. The number of carboxylic acids is 1. The number of rotatable bonds is 7. The largest absolute Gasteiger partial charge is 0.477 e. The Kier molecular flexibility index (Phi) is 7.82. The Balaban J connectivity index is 1.66. The van der Waals surface area contributed by atoms with Gasteiger partial charge in [-0.25, -0.2) is 4.79 Å². The predicted molar refractivity (Wildman–Crippen MR) is 133 cm³/mol. The van der Waals surface area contributed by atoms with Crippen molar-refractivity contribution >= 4 is 28.7 Å². The molecule has 0 bridgehead atoms. The number of aliphatic hydroxyl groups excluding tert-OH is 1. The van der Waals surface area contributed by atoms with E-state index in [1.54, 1.807) is 0 Å². The first-order valence-corrected chi connectivity index (χ1v) is 13.1. The van der Waals surface area contributed by atoms with Crippen molar-refractivity contribution in [3.63, 3.8) is 0 Å². The molecule has 2 aliphatic rings. The van der Waals surface area contributed by atoms with E-state index in [1.807, 2.05) is 42.5 Å². The molecule has 2 aromatic rings. The number of benzene rings is 1. The number of aliphatic hydroxyl groups is 1. The third-order valence-electron chi connectivity index (χ3n) is 7.43. The van der Waals surface area contributed by atoms with Gasteiger partial charge >= 0.3 is 5.97 Å². The normalized spacial score (nSPS) is 26.2. The van der Waals surface area contributed by atoms with Gasteiger partial charge in [-0.05, 0) is 67.6 Å². The van der Waals surface area contributed by atoms with E-state index in [-0.39, 0.29) is 23.7 Å². The number of carbonyl (C=O) groups is 2. The number of allylic oxidation sites excluding steroid dienone is 2. The quantitative estimate of drug-likeness (QED) is 0.469. The third kappa shape index (κ3) is 5.82. The number of aromatic carboxylic acids is 1. The van der Waals surface area contributed by atoms with Gasteiger partial charge in [0.15, 0.2) is 0 Å². The molecule has 0 spiro atoms. The molecule has 0 unspecified atom stereocenters. The Labute approximate surface area is 200 Å². The minimum Gasteiger partial charge on any atom is -0.477 e. The number of Topliss-reactive ketones (excluding diaryl/α,β-unsaturated/α-hetero) is 1. The minimum atomic E-state index is -0.925. The van der Waals surface area contributed by atoms with E-state index in [0.717, 1.165) is 60.1 Å². The molecule has 0 aliphatic heterocycles. The maximum absolute atomic E-state index is 13.0. The molecular formula is C28H34O4S. The Morgan fingerprint density at radius 1 is 0.970 bits per heavy atom. The minimum absolute atomic E-state index is 0.133. The summed E-state index contributed by atoms with van der Waals surface area (Å²) in [6, 6.07) is 11.8. The molecule has 33 heavy (non-hydrogen) atoms. The summed E-state index contributed by atoms with van der Waals surface area (Å²) >= 11 is 1.30. The van der Waals surface area contributed by atoms with Crippen molar-refractivity contribution in [2.75, 3.05) is 0 Å². The van der Waals surface area contributed by atoms with Gasteiger partial charge in [0.2, 0.25) is 0 Å². The van der Waals surface area contributed by atoms with Crippen molar-refractivity contribution in [3.05, 3.63) is 52.9 Å². The molecule has 1 aromatic heterocycles. The lowest BCUT2D eigenvalue weighted by Gasteiger charge is -2.28. The molecular weight excluding hydrogens is 432 g/mol. The Bertz CT molecular complexity index is 990. The monoisotopic (exact) mass is 466 g/mol. The first-order valence-electron chi connectivity index (χ1n) is 12.3. The van der Waals surface area contributed by atoms with Gasteiger partial charge in [0.1, 0.15) is 10.7 Å². The summed E-state index contributed by atoms with van der Waals surface area (Å²) < 4.78 is 0. The van der Waals surface area contributed by atoms with Gasteiger partial charge in [-0.1, -0.05) is 56.2 Å². The molecule has 0 saturated heterocycles. The number of thiophene rings is 1. The smallest absolute Gasteiger partial charge is 0.346 e. The highest BCUT2D eigenvalue weighted by Crippen LogP contribution is 2.42. The van der Waals surface area contributed by atoms with Gasteiger partial charge < -0.3 is 10.2 Å². The predicted octanol–water partition coefficient (Wildman–Crippen LogP) is 6.83. The second-order valence-corrected chi connectivity index (χ2v) is 10.9. The molecule has 0 atom stereocenters. The van der Waals surface area contributed by atoms with Crippen LogP contribution in [0, 0.1) is 17.8 Å². The standard InChI is InChI=1S/C28H34O4S/c1-18-7-9-20(10-8-18)25(30)16-15-23(19-11-13-22(29)14-12-19)24-17-26(33-27(24)28(31)32)21-5-3-2-4-6-21/h2-6,15,17-20,22,29H,7-14,16H2,1H3,(H,31,32)/b23-15+. The van der Waals surface area contributed by atoms with Crippen molar-refractivity contribution < 1.29 is 19.8 Å². The molecule has 2 N–H and O–H groups in total. The van der Waals surface area contributed by atoms with E-state index >= 15 is 0 Å². The van der Waals surface area contributed by atoms with Gasteiger partial charge in [0.25, 0.3) is 0 Å². The van der Waals surface area contributed by atoms with E-state index in [4.69, 9.17) is 0 Å². The Hall–Kier alpha value is -2.24. The second-order valence-electron chi connectivity index (χ2n) is 9.82. The summed E-state index contributed by atoms with van der Waals surface area (Å²) in [5.41, 5.74) is 2.73. The molecule has 4 rings (SSSR count). The van der Waals surface area contributed by atoms with Crippen LogP contribution in [0.2, 0.25) is 0 Å². The summed E-state index contributed by atoms with van der Waals surface area (Å²) in [6.45, 7) is 2.25. The van der Waals surface area contributed by atoms with Crippen molar-refractivity contribution in [2.45, 2.75) is 70.8 Å². The third-order valence-corrected chi connectivity index (χ3v) is 8.60. The molecule has 2 aliphatic carbocycles. The average molecular weight is 467 g/mol. The van der Waals surface area contributed by atoms with Crippen LogP contribution in [0.5, 0.6) is 0 Å². The molecule has 176 valence electrons. The summed E-state index contributed by atoms with van der Waals surface area (Å²) in [4.78, 5) is 26.5. The Morgan fingerprint density at radius 2 is 1.61 bits per heavy atom. The summed E-state index contributed by atoms with van der Waals surface area (Å²) in [7, 11) is 0. The molecule has 5 heteroatoms. The van der Waals surface area contributed by atoms with Gasteiger partial charge in [0.05, 0.1) is 6.10 Å². The zero-order valence-electron chi connectivity index (χ0n) is 19.3. The van der Waals surface area contributed by atoms with E-state index in [0.29, 0.717) is 30.1 Å². The fourth-order valence-electron chi connectivity index (χ4n) is 5.35. The highest BCUT2D eigenvalue weighted by atomic mass is 32.1. The number of carbonyl (C=O) groups excluding carboxylic acids is 1. The summed E-state index contributed by atoms with van der Waals surface area (Å²) in [6.07, 6.45) is 9.33. The average Bonchev–Trinajstić information content (AvgIpc) is 3.27. The van der Waals surface area contributed by atoms with Crippen LogP contribution in [0.15, 0.2) is 42.5 Å². The fraction of sp³-hybridized carbons (Fsp3) is 0.500. The maximum Gasteiger partial charge on any atom is 0.346 e. The van der Waals surface area contributed by atoms with Crippen LogP contribution in [0.3, 0.4) is 0 Å². The molecule has 0 amide bonds. The summed E-state index contributed by atoms with van der Waals surface area (Å²) in [5, 5.41) is 20.0. The first-order chi connectivity index (χ1) is 15.9. The first kappa shape index (κ1) is 23.9. The van der Waals surface area contributed by atoms with Crippen molar-refractivity contribution in [1.29, 1.82) is 0 Å². The molecule has 2 saturated carbocycles. The number of hydrogen-bond acceptors (Lipinski definition) is 4. The second kappa shape index (κ2) is 10.8. The Morgan fingerprint density at radius 3 is 2.24 bits per heavy atom. The van der Waals surface area contributed by atoms with Crippen LogP contribution in [-0.4, -0.2) is 28.1 Å². The van der Waals surface area contributed by atoms with E-state index in [1.165, 1.54) is 11.3 Å². The maximum atomic E-state index is 13.0. The van der Waals surface area contributed by atoms with E-state index in [2.05, 4.69) is 6.92 Å². The van der Waals surface area contributed by atoms with Crippen LogP contribution in [0.1, 0.15) is 79.9 Å². The zero-order valence-corrected chi connectivity index (χ0v) is 20.2. The lowest BCUT2D eigenvalue weighted by Crippen LogP contribution is -2.21. The lowest BCUT2D eigenvalue weighted by atomic mass is 9.78. The molecule has 0 radical (unpaired) electrons. The molecule has 2 fully saturated rings. The summed E-state index contributed by atoms with van der Waals surface area (Å²) in [5.74, 6) is 0.364. The number of ketones is 1. The van der Waals surface area contributed by atoms with Crippen LogP contribution in [0.25, 0.3) is 16.0 Å². The van der Waals surface area contributed by atoms with E-state index < -0.39 is 5.97 Å². The zero-order chi connectivity index (χ0) is 23.4. The molecule has 1 heterocycles.